The van der Waals surface area contributed by atoms with Gasteiger partial charge in [0.15, 0.2) is 0 Å². The lowest BCUT2D eigenvalue weighted by Gasteiger charge is -2.14. The van der Waals surface area contributed by atoms with Gasteiger partial charge < -0.3 is 10.4 Å². The predicted octanol–water partition coefficient (Wildman–Crippen LogP) is 0.871. The van der Waals surface area contributed by atoms with Gasteiger partial charge in [-0.3, -0.25) is 4.79 Å². The fourth-order valence-corrected chi connectivity index (χ4v) is 1.20. The summed E-state index contributed by atoms with van der Waals surface area (Å²) in [5, 5.41) is 9.94. The number of hydrogen-bond donors (Lipinski definition) is 2. The largest absolute Gasteiger partial charge is 0.480 e. The molecule has 0 aromatic heterocycles. The van der Waals surface area contributed by atoms with Gasteiger partial charge in [-0.05, 0) is 18.4 Å². The van der Waals surface area contributed by atoms with Crippen LogP contribution in [0.15, 0.2) is 0 Å². The molecule has 0 unspecified atom stereocenters. The van der Waals surface area contributed by atoms with Crippen molar-refractivity contribution in [2.75, 3.05) is 12.0 Å². The van der Waals surface area contributed by atoms with Crippen LogP contribution in [0.1, 0.15) is 6.42 Å². The third kappa shape index (κ3) is 5.50. The van der Waals surface area contributed by atoms with E-state index in [1.54, 1.807) is 6.26 Å². The number of carbonyl (C=O) groups is 2. The first-order valence-corrected chi connectivity index (χ1v) is 5.28. The molecule has 88 valence electrons. The van der Waals surface area contributed by atoms with Crippen LogP contribution in [-0.2, 0) is 9.59 Å². The van der Waals surface area contributed by atoms with E-state index in [0.717, 1.165) is 0 Å². The Kier molecular flexibility index (Phi) is 5.48. The summed E-state index contributed by atoms with van der Waals surface area (Å²) in [6, 6.07) is -1.49. The topological polar surface area (TPSA) is 66.4 Å². The minimum atomic E-state index is -5.05. The molecule has 0 rings (SSSR count). The van der Waals surface area contributed by atoms with Crippen LogP contribution < -0.4 is 5.32 Å². The average molecular weight is 245 g/mol. The first-order chi connectivity index (χ1) is 6.79. The van der Waals surface area contributed by atoms with Crippen molar-refractivity contribution in [1.29, 1.82) is 0 Å². The Hall–Kier alpha value is -0.920. The predicted molar refractivity (Wildman–Crippen MR) is 48.6 cm³/mol. The molecule has 0 radical (unpaired) electrons. The first-order valence-electron chi connectivity index (χ1n) is 3.88. The highest BCUT2D eigenvalue weighted by molar-refractivity contribution is 7.98. The van der Waals surface area contributed by atoms with Gasteiger partial charge in [-0.2, -0.15) is 24.9 Å². The van der Waals surface area contributed by atoms with Crippen molar-refractivity contribution >= 4 is 23.6 Å². The molecule has 8 heteroatoms. The van der Waals surface area contributed by atoms with Gasteiger partial charge in [0, 0.05) is 0 Å². The lowest BCUT2D eigenvalue weighted by Crippen LogP contribution is -2.47. The summed E-state index contributed by atoms with van der Waals surface area (Å²) in [6.07, 6.45) is -3.41. The SMILES string of the molecule is CSCC[C@@H](NC(=O)C(F)(F)F)C(=O)O. The Morgan fingerprint density at radius 1 is 1.47 bits per heavy atom. The van der Waals surface area contributed by atoms with Crippen molar-refractivity contribution in [3.05, 3.63) is 0 Å². The van der Waals surface area contributed by atoms with E-state index < -0.39 is 24.1 Å². The number of thioether (sulfide) groups is 1. The van der Waals surface area contributed by atoms with Gasteiger partial charge in [-0.1, -0.05) is 0 Å². The van der Waals surface area contributed by atoms with Crippen LogP contribution in [0.2, 0.25) is 0 Å². The normalized spacial score (nSPS) is 13.3. The smallest absolute Gasteiger partial charge is 0.471 e. The fraction of sp³-hybridized carbons (Fsp3) is 0.714. The minimum absolute atomic E-state index is 0.0433. The van der Waals surface area contributed by atoms with E-state index in [1.807, 2.05) is 0 Å². The van der Waals surface area contributed by atoms with E-state index in [-0.39, 0.29) is 6.42 Å². The van der Waals surface area contributed by atoms with Gasteiger partial charge in [0.25, 0.3) is 0 Å². The Morgan fingerprint density at radius 2 is 2.00 bits per heavy atom. The lowest BCUT2D eigenvalue weighted by molar-refractivity contribution is -0.175. The minimum Gasteiger partial charge on any atom is -0.480 e. The molecule has 0 aliphatic rings. The Balaban J connectivity index is 4.29. The molecule has 0 aromatic carbocycles. The van der Waals surface area contributed by atoms with Crippen LogP contribution in [0, 0.1) is 0 Å². The van der Waals surface area contributed by atoms with E-state index in [0.29, 0.717) is 5.75 Å². The average Bonchev–Trinajstić information content (AvgIpc) is 2.09. The van der Waals surface area contributed by atoms with Crippen LogP contribution >= 0.6 is 11.8 Å². The van der Waals surface area contributed by atoms with Gasteiger partial charge in [0.05, 0.1) is 0 Å². The van der Waals surface area contributed by atoms with Crippen molar-refractivity contribution in [2.24, 2.45) is 0 Å². The van der Waals surface area contributed by atoms with E-state index in [4.69, 9.17) is 5.11 Å². The van der Waals surface area contributed by atoms with Crippen molar-refractivity contribution in [1.82, 2.24) is 5.32 Å². The zero-order chi connectivity index (χ0) is 12.1. The maximum absolute atomic E-state index is 11.8. The molecule has 0 saturated carbocycles. The summed E-state index contributed by atoms with van der Waals surface area (Å²) >= 11 is 1.29. The number of hydrogen-bond acceptors (Lipinski definition) is 3. The number of aliphatic carboxylic acids is 1. The van der Waals surface area contributed by atoms with E-state index >= 15 is 0 Å². The second kappa shape index (κ2) is 5.84. The molecule has 1 amide bonds. The van der Waals surface area contributed by atoms with Crippen LogP contribution in [0.3, 0.4) is 0 Å². The van der Waals surface area contributed by atoms with Gasteiger partial charge >= 0.3 is 18.1 Å². The van der Waals surface area contributed by atoms with Gasteiger partial charge in [-0.15, -0.1) is 0 Å². The molecule has 0 spiro atoms. The van der Waals surface area contributed by atoms with Gasteiger partial charge in [-0.25, -0.2) is 4.79 Å². The van der Waals surface area contributed by atoms with E-state index in [9.17, 15) is 22.8 Å². The van der Waals surface area contributed by atoms with Gasteiger partial charge in [0.1, 0.15) is 6.04 Å². The molecule has 2 N–H and O–H groups in total. The second-order valence-corrected chi connectivity index (χ2v) is 3.63. The standard InChI is InChI=1S/C7H10F3NO3S/c1-15-3-2-4(5(12)13)11-6(14)7(8,9)10/h4H,2-3H2,1H3,(H,11,14)(H,12,13)/t4-/m1/s1. The molecule has 0 aromatic rings. The Bertz CT molecular complexity index is 244. The van der Waals surface area contributed by atoms with Crippen molar-refractivity contribution < 1.29 is 27.9 Å². The summed E-state index contributed by atoms with van der Waals surface area (Å²) < 4.78 is 35.4. The summed E-state index contributed by atoms with van der Waals surface area (Å²) in [7, 11) is 0. The molecular formula is C7H10F3NO3S. The number of halogens is 3. The van der Waals surface area contributed by atoms with E-state index in [1.165, 1.54) is 17.1 Å². The molecule has 0 heterocycles. The monoisotopic (exact) mass is 245 g/mol. The number of carboxylic acid groups (broad SMARTS) is 1. The maximum Gasteiger partial charge on any atom is 0.471 e. The molecule has 0 aliphatic carbocycles. The second-order valence-electron chi connectivity index (χ2n) is 2.64. The quantitative estimate of drug-likeness (QED) is 0.754. The number of rotatable bonds is 5. The fourth-order valence-electron chi connectivity index (χ4n) is 0.733. The number of carbonyl (C=O) groups excluding carboxylic acids is 1. The lowest BCUT2D eigenvalue weighted by atomic mass is 10.2. The molecule has 1 atom stereocenters. The summed E-state index contributed by atoms with van der Waals surface area (Å²) in [6.45, 7) is 0. The van der Waals surface area contributed by atoms with Crippen LogP contribution in [0.5, 0.6) is 0 Å². The summed E-state index contributed by atoms with van der Waals surface area (Å²) in [4.78, 5) is 20.9. The number of carboxylic acids is 1. The number of amides is 1. The zero-order valence-corrected chi connectivity index (χ0v) is 8.61. The van der Waals surface area contributed by atoms with E-state index in [2.05, 4.69) is 0 Å². The van der Waals surface area contributed by atoms with Crippen LogP contribution in [-0.4, -0.2) is 41.2 Å². The zero-order valence-electron chi connectivity index (χ0n) is 7.80. The Labute approximate surface area is 88.2 Å². The van der Waals surface area contributed by atoms with Gasteiger partial charge in [0.2, 0.25) is 0 Å². The molecule has 15 heavy (non-hydrogen) atoms. The highest BCUT2D eigenvalue weighted by Crippen LogP contribution is 2.15. The first kappa shape index (κ1) is 14.1. The van der Waals surface area contributed by atoms with Crippen molar-refractivity contribution in [3.8, 4) is 0 Å². The molecule has 0 saturated heterocycles. The van der Waals surface area contributed by atoms with Crippen molar-refractivity contribution in [2.45, 2.75) is 18.6 Å². The molecule has 0 fully saturated rings. The molecule has 0 aliphatic heterocycles. The molecular weight excluding hydrogens is 235 g/mol. The number of alkyl halides is 3. The van der Waals surface area contributed by atoms with Crippen molar-refractivity contribution in [3.63, 3.8) is 0 Å². The summed E-state index contributed by atoms with van der Waals surface area (Å²) in [5.74, 6) is -3.34. The highest BCUT2D eigenvalue weighted by atomic mass is 32.2. The third-order valence-electron chi connectivity index (χ3n) is 1.47. The van der Waals surface area contributed by atoms with Crippen LogP contribution in [0.25, 0.3) is 0 Å². The van der Waals surface area contributed by atoms with Crippen LogP contribution in [0.4, 0.5) is 13.2 Å². The summed E-state index contributed by atoms with van der Waals surface area (Å²) in [5.41, 5.74) is 0. The Morgan fingerprint density at radius 3 is 2.33 bits per heavy atom. The maximum atomic E-state index is 11.8. The number of nitrogens with one attached hydrogen (secondary N) is 1. The molecule has 0 bridgehead atoms. The molecule has 4 nitrogen and oxygen atoms in total. The third-order valence-corrected chi connectivity index (χ3v) is 2.12. The highest BCUT2D eigenvalue weighted by Gasteiger charge is 2.40.